The highest BCUT2D eigenvalue weighted by Crippen LogP contribution is 2.24. The van der Waals surface area contributed by atoms with Gasteiger partial charge in [0.05, 0.1) is 6.10 Å². The first-order valence-corrected chi connectivity index (χ1v) is 7.49. The van der Waals surface area contributed by atoms with E-state index in [1.807, 2.05) is 7.05 Å². The molecular weight excluding hydrogens is 256 g/mol. The molecule has 114 valence electrons. The third-order valence-corrected chi connectivity index (χ3v) is 4.34. The van der Waals surface area contributed by atoms with Crippen molar-refractivity contribution >= 4 is 11.9 Å². The van der Waals surface area contributed by atoms with E-state index in [0.717, 1.165) is 38.2 Å². The number of aliphatic imine (C=N–C) groups is 1. The number of guanidine groups is 1. The van der Waals surface area contributed by atoms with E-state index in [2.05, 4.69) is 15.6 Å². The van der Waals surface area contributed by atoms with Gasteiger partial charge in [0, 0.05) is 45.6 Å². The topological polar surface area (TPSA) is 77.0 Å². The van der Waals surface area contributed by atoms with Gasteiger partial charge in [-0.15, -0.1) is 0 Å². The molecule has 0 spiro atoms. The summed E-state index contributed by atoms with van der Waals surface area (Å²) in [6, 6.07) is 0.248. The summed E-state index contributed by atoms with van der Waals surface area (Å²) in [6.45, 7) is 1.47. The molecule has 3 unspecified atom stereocenters. The summed E-state index contributed by atoms with van der Waals surface area (Å²) < 4.78 is 0. The molecule has 1 aliphatic heterocycles. The lowest BCUT2D eigenvalue weighted by atomic mass is 10.1. The van der Waals surface area contributed by atoms with E-state index in [1.165, 1.54) is 0 Å². The predicted octanol–water partition coefficient (Wildman–Crippen LogP) is -0.0668. The number of nitrogens with one attached hydrogen (secondary N) is 2. The molecule has 1 amide bonds. The van der Waals surface area contributed by atoms with Crippen LogP contribution in [-0.4, -0.2) is 61.2 Å². The number of nitrogens with zero attached hydrogens (tertiary/aromatic N) is 2. The normalized spacial score (nSPS) is 31.6. The first kappa shape index (κ1) is 15.1. The van der Waals surface area contributed by atoms with Crippen LogP contribution in [0.2, 0.25) is 0 Å². The van der Waals surface area contributed by atoms with E-state index in [1.54, 1.807) is 11.9 Å². The molecule has 2 rings (SSSR count). The van der Waals surface area contributed by atoms with Crippen molar-refractivity contribution in [2.24, 2.45) is 10.9 Å². The fourth-order valence-electron chi connectivity index (χ4n) is 3.00. The number of amides is 1. The van der Waals surface area contributed by atoms with E-state index >= 15 is 0 Å². The zero-order chi connectivity index (χ0) is 14.5. The monoisotopic (exact) mass is 282 g/mol. The Bertz CT molecular complexity index is 372. The third-order valence-electron chi connectivity index (χ3n) is 4.34. The van der Waals surface area contributed by atoms with Gasteiger partial charge in [-0.2, -0.15) is 0 Å². The zero-order valence-electron chi connectivity index (χ0n) is 12.4. The van der Waals surface area contributed by atoms with Gasteiger partial charge in [-0.3, -0.25) is 9.79 Å². The van der Waals surface area contributed by atoms with Crippen molar-refractivity contribution in [1.29, 1.82) is 0 Å². The SMILES string of the molecule is CN=C(NCC1CCCC1O)NC1CCC(=O)N(C)C1. The first-order valence-electron chi connectivity index (χ1n) is 7.49. The number of hydrogen-bond donors (Lipinski definition) is 3. The molecule has 0 aromatic rings. The molecule has 6 heteroatoms. The van der Waals surface area contributed by atoms with Gasteiger partial charge in [-0.25, -0.2) is 0 Å². The molecule has 3 N–H and O–H groups in total. The smallest absolute Gasteiger partial charge is 0.222 e. The summed E-state index contributed by atoms with van der Waals surface area (Å²) in [5, 5.41) is 16.5. The molecule has 20 heavy (non-hydrogen) atoms. The average Bonchev–Trinajstić information content (AvgIpc) is 2.84. The van der Waals surface area contributed by atoms with E-state index in [-0.39, 0.29) is 18.1 Å². The summed E-state index contributed by atoms with van der Waals surface area (Å²) >= 11 is 0. The van der Waals surface area contributed by atoms with Gasteiger partial charge in [0.25, 0.3) is 0 Å². The fourth-order valence-corrected chi connectivity index (χ4v) is 3.00. The van der Waals surface area contributed by atoms with Gasteiger partial charge in [0.1, 0.15) is 0 Å². The van der Waals surface area contributed by atoms with Gasteiger partial charge in [-0.05, 0) is 19.3 Å². The minimum Gasteiger partial charge on any atom is -0.393 e. The van der Waals surface area contributed by atoms with Gasteiger partial charge < -0.3 is 20.6 Å². The maximum absolute atomic E-state index is 11.5. The fraction of sp³-hybridized carbons (Fsp3) is 0.857. The summed E-state index contributed by atoms with van der Waals surface area (Å²) in [5.41, 5.74) is 0. The zero-order valence-corrected chi connectivity index (χ0v) is 12.4. The number of piperidine rings is 1. The molecule has 0 bridgehead atoms. The van der Waals surface area contributed by atoms with Crippen LogP contribution in [0.15, 0.2) is 4.99 Å². The maximum Gasteiger partial charge on any atom is 0.222 e. The Balaban J connectivity index is 1.76. The lowest BCUT2D eigenvalue weighted by Gasteiger charge is -2.31. The maximum atomic E-state index is 11.5. The highest BCUT2D eigenvalue weighted by molar-refractivity contribution is 5.81. The summed E-state index contributed by atoms with van der Waals surface area (Å²) in [4.78, 5) is 17.4. The number of aliphatic hydroxyl groups is 1. The molecule has 1 saturated heterocycles. The van der Waals surface area contributed by atoms with Crippen molar-refractivity contribution in [3.8, 4) is 0 Å². The van der Waals surface area contributed by atoms with Gasteiger partial charge in [-0.1, -0.05) is 6.42 Å². The summed E-state index contributed by atoms with van der Waals surface area (Å²) in [6.07, 6.45) is 4.34. The molecule has 0 aromatic heterocycles. The lowest BCUT2D eigenvalue weighted by molar-refractivity contribution is -0.132. The predicted molar refractivity (Wildman–Crippen MR) is 78.5 cm³/mol. The van der Waals surface area contributed by atoms with Crippen LogP contribution in [0.25, 0.3) is 0 Å². The minimum absolute atomic E-state index is 0.181. The van der Waals surface area contributed by atoms with E-state index in [0.29, 0.717) is 18.9 Å². The lowest BCUT2D eigenvalue weighted by Crippen LogP contribution is -2.52. The van der Waals surface area contributed by atoms with Crippen molar-refractivity contribution < 1.29 is 9.90 Å². The van der Waals surface area contributed by atoms with Crippen molar-refractivity contribution in [3.63, 3.8) is 0 Å². The molecule has 1 aliphatic carbocycles. The van der Waals surface area contributed by atoms with Crippen LogP contribution in [0, 0.1) is 5.92 Å². The molecular formula is C14H26N4O2. The molecule has 6 nitrogen and oxygen atoms in total. The molecule has 2 fully saturated rings. The molecule has 1 saturated carbocycles. The number of carbonyl (C=O) groups is 1. The van der Waals surface area contributed by atoms with Gasteiger partial charge in [0.15, 0.2) is 5.96 Å². The molecule has 0 radical (unpaired) electrons. The first-order chi connectivity index (χ1) is 9.60. The Morgan fingerprint density at radius 2 is 2.25 bits per heavy atom. The van der Waals surface area contributed by atoms with Crippen LogP contribution in [0.4, 0.5) is 0 Å². The molecule has 3 atom stereocenters. The van der Waals surface area contributed by atoms with Crippen molar-refractivity contribution in [2.45, 2.75) is 44.2 Å². The summed E-state index contributed by atoms with van der Waals surface area (Å²) in [5.74, 6) is 1.29. The number of likely N-dealkylation sites (tertiary alicyclic amines) is 1. The second-order valence-corrected chi connectivity index (χ2v) is 5.87. The standard InChI is InChI=1S/C14H26N4O2/c1-15-14(16-8-10-4-3-5-12(10)19)17-11-6-7-13(20)18(2)9-11/h10-12,19H,3-9H2,1-2H3,(H2,15,16,17). The van der Waals surface area contributed by atoms with Crippen molar-refractivity contribution in [2.75, 3.05) is 27.2 Å². The van der Waals surface area contributed by atoms with Gasteiger partial charge in [0.2, 0.25) is 5.91 Å². The van der Waals surface area contributed by atoms with Crippen LogP contribution in [0.3, 0.4) is 0 Å². The van der Waals surface area contributed by atoms with Crippen molar-refractivity contribution in [1.82, 2.24) is 15.5 Å². The van der Waals surface area contributed by atoms with E-state index in [4.69, 9.17) is 0 Å². The Morgan fingerprint density at radius 3 is 2.85 bits per heavy atom. The van der Waals surface area contributed by atoms with E-state index < -0.39 is 0 Å². The van der Waals surface area contributed by atoms with Crippen LogP contribution >= 0.6 is 0 Å². The molecule has 2 aliphatic rings. The number of hydrogen-bond acceptors (Lipinski definition) is 3. The third kappa shape index (κ3) is 3.85. The highest BCUT2D eigenvalue weighted by Gasteiger charge is 2.26. The average molecular weight is 282 g/mol. The highest BCUT2D eigenvalue weighted by atomic mass is 16.3. The number of carbonyl (C=O) groups excluding carboxylic acids is 1. The van der Waals surface area contributed by atoms with Crippen LogP contribution in [-0.2, 0) is 4.79 Å². The Morgan fingerprint density at radius 1 is 1.45 bits per heavy atom. The number of rotatable bonds is 3. The Hall–Kier alpha value is -1.30. The number of likely N-dealkylation sites (N-methyl/N-ethyl adjacent to an activating group) is 1. The van der Waals surface area contributed by atoms with E-state index in [9.17, 15) is 9.90 Å². The molecule has 0 aromatic carbocycles. The molecule has 1 heterocycles. The quantitative estimate of drug-likeness (QED) is 0.500. The Labute approximate surface area is 120 Å². The second kappa shape index (κ2) is 6.92. The van der Waals surface area contributed by atoms with Crippen LogP contribution in [0.1, 0.15) is 32.1 Å². The van der Waals surface area contributed by atoms with Crippen molar-refractivity contribution in [3.05, 3.63) is 0 Å². The largest absolute Gasteiger partial charge is 0.393 e. The van der Waals surface area contributed by atoms with Gasteiger partial charge >= 0.3 is 0 Å². The number of aliphatic hydroxyl groups excluding tert-OH is 1. The second-order valence-electron chi connectivity index (χ2n) is 5.87. The summed E-state index contributed by atoms with van der Waals surface area (Å²) in [7, 11) is 3.58. The van der Waals surface area contributed by atoms with Crippen LogP contribution < -0.4 is 10.6 Å². The Kier molecular flexibility index (Phi) is 5.23. The van der Waals surface area contributed by atoms with Crippen LogP contribution in [0.5, 0.6) is 0 Å². The minimum atomic E-state index is -0.181.